The number of carbonyl (C=O) groups excluding carboxylic acids is 1. The first-order valence-electron chi connectivity index (χ1n) is 5.23. The molecule has 1 aromatic rings. The molecule has 4 heteroatoms. The van der Waals surface area contributed by atoms with Gasteiger partial charge in [-0.1, -0.05) is 31.5 Å². The lowest BCUT2D eigenvalue weighted by Crippen LogP contribution is -2.17. The second-order valence-electron chi connectivity index (χ2n) is 4.76. The van der Waals surface area contributed by atoms with Gasteiger partial charge in [-0.25, -0.2) is 4.39 Å². The minimum Gasteiger partial charge on any atom is -0.492 e. The van der Waals surface area contributed by atoms with Crippen LogP contribution in [0.3, 0.4) is 0 Å². The van der Waals surface area contributed by atoms with Crippen LogP contribution in [0.25, 0.3) is 5.57 Å². The highest BCUT2D eigenvalue weighted by atomic mass is 35.5. The van der Waals surface area contributed by atoms with E-state index in [1.807, 2.05) is 13.8 Å². The number of halogens is 2. The number of rotatable bonds is 1. The van der Waals surface area contributed by atoms with Gasteiger partial charge in [0.2, 0.25) is 0 Å². The second-order valence-corrected chi connectivity index (χ2v) is 5.16. The molecule has 0 spiro atoms. The van der Waals surface area contributed by atoms with Crippen molar-refractivity contribution in [2.45, 2.75) is 13.8 Å². The first-order chi connectivity index (χ1) is 7.93. The van der Waals surface area contributed by atoms with Crippen molar-refractivity contribution in [3.05, 3.63) is 34.6 Å². The van der Waals surface area contributed by atoms with Crippen molar-refractivity contribution in [2.24, 2.45) is 5.41 Å². The van der Waals surface area contributed by atoms with Crippen LogP contribution in [-0.4, -0.2) is 12.9 Å². The summed E-state index contributed by atoms with van der Waals surface area (Å²) in [5.41, 5.74) is 0.601. The Morgan fingerprint density at radius 1 is 1.47 bits per heavy atom. The zero-order valence-corrected chi connectivity index (χ0v) is 10.3. The Bertz CT molecular complexity index is 506. The third kappa shape index (κ3) is 2.34. The summed E-state index contributed by atoms with van der Waals surface area (Å²) in [6, 6.07) is 2.64. The van der Waals surface area contributed by atoms with E-state index in [1.165, 1.54) is 12.1 Å². The van der Waals surface area contributed by atoms with Crippen LogP contribution in [0.1, 0.15) is 19.4 Å². The molecule has 2 nitrogen and oxygen atoms in total. The summed E-state index contributed by atoms with van der Waals surface area (Å²) < 4.78 is 19.0. The normalized spacial score (nSPS) is 17.5. The van der Waals surface area contributed by atoms with Crippen LogP contribution in [0.5, 0.6) is 5.75 Å². The van der Waals surface area contributed by atoms with Gasteiger partial charge in [-0.15, -0.1) is 0 Å². The van der Waals surface area contributed by atoms with Crippen LogP contribution in [0.2, 0.25) is 5.02 Å². The predicted octanol–water partition coefficient (Wildman–Crippen LogP) is 3.48. The number of benzene rings is 1. The topological polar surface area (TPSA) is 26.3 Å². The maximum absolute atomic E-state index is 13.4. The maximum atomic E-state index is 13.4. The van der Waals surface area contributed by atoms with Crippen molar-refractivity contribution in [3.8, 4) is 5.75 Å². The Kier molecular flexibility index (Phi) is 2.96. The molecular weight excluding hydrogens is 243 g/mol. The molecule has 1 heterocycles. The molecular formula is C13H12ClFO2. The summed E-state index contributed by atoms with van der Waals surface area (Å²) in [6.45, 7) is 4.31. The van der Waals surface area contributed by atoms with Gasteiger partial charge in [-0.3, -0.25) is 4.79 Å². The third-order valence-electron chi connectivity index (χ3n) is 2.61. The molecule has 2 rings (SSSR count). The van der Waals surface area contributed by atoms with Gasteiger partial charge < -0.3 is 4.74 Å². The zero-order chi connectivity index (χ0) is 12.6. The largest absolute Gasteiger partial charge is 0.492 e. The molecule has 0 atom stereocenters. The Hall–Kier alpha value is -1.35. The van der Waals surface area contributed by atoms with Gasteiger partial charge in [-0.05, 0) is 6.07 Å². The highest BCUT2D eigenvalue weighted by Crippen LogP contribution is 2.36. The number of ether oxygens (including phenoxy) is 1. The molecule has 0 amide bonds. The molecule has 1 aliphatic rings. The molecule has 0 saturated heterocycles. The van der Waals surface area contributed by atoms with Gasteiger partial charge in [0.05, 0.1) is 11.6 Å². The summed E-state index contributed by atoms with van der Waals surface area (Å²) in [6.07, 6.45) is 2.50. The molecule has 0 fully saturated rings. The van der Waals surface area contributed by atoms with Crippen LogP contribution in [0.15, 0.2) is 18.2 Å². The summed E-state index contributed by atoms with van der Waals surface area (Å²) in [7, 11) is 0. The summed E-state index contributed by atoms with van der Waals surface area (Å²) in [4.78, 5) is 11.1. The third-order valence-corrected chi connectivity index (χ3v) is 2.90. The molecule has 0 unspecified atom stereocenters. The molecule has 0 N–H and O–H groups in total. The van der Waals surface area contributed by atoms with Crippen LogP contribution in [0.4, 0.5) is 4.39 Å². The van der Waals surface area contributed by atoms with Crippen molar-refractivity contribution in [1.82, 2.24) is 0 Å². The van der Waals surface area contributed by atoms with Crippen molar-refractivity contribution >= 4 is 23.5 Å². The van der Waals surface area contributed by atoms with Crippen LogP contribution >= 0.6 is 11.6 Å². The van der Waals surface area contributed by atoms with E-state index >= 15 is 0 Å². The highest BCUT2D eigenvalue weighted by molar-refractivity contribution is 6.31. The lowest BCUT2D eigenvalue weighted by Gasteiger charge is -2.18. The number of fused-ring (bicyclic) bond motifs is 1. The molecule has 0 aromatic heterocycles. The Labute approximate surface area is 104 Å². The average molecular weight is 255 g/mol. The highest BCUT2D eigenvalue weighted by Gasteiger charge is 2.24. The average Bonchev–Trinajstić information content (AvgIpc) is 2.38. The summed E-state index contributed by atoms with van der Waals surface area (Å²) in [5.74, 6) is -0.109. The van der Waals surface area contributed by atoms with E-state index < -0.39 is 5.82 Å². The zero-order valence-electron chi connectivity index (χ0n) is 9.59. The molecule has 0 bridgehead atoms. The fourth-order valence-corrected chi connectivity index (χ4v) is 1.93. The minimum absolute atomic E-state index is 0.00583. The Balaban J connectivity index is 2.63. The van der Waals surface area contributed by atoms with Crippen LogP contribution in [-0.2, 0) is 4.79 Å². The smallest absolute Gasteiger partial charge is 0.150 e. The number of carbonyl (C=O) groups is 1. The maximum Gasteiger partial charge on any atom is 0.150 e. The Morgan fingerprint density at radius 3 is 2.82 bits per heavy atom. The van der Waals surface area contributed by atoms with Gasteiger partial charge >= 0.3 is 0 Å². The molecule has 0 saturated carbocycles. The standard InChI is InChI=1S/C13H12ClFO2/c1-13(2)5-8(6-16)9-3-11(15)10(14)4-12(9)17-7-13/h3-6H,7H2,1-2H3. The monoisotopic (exact) mass is 254 g/mol. The minimum atomic E-state index is -0.554. The van der Waals surface area contributed by atoms with Crippen molar-refractivity contribution in [1.29, 1.82) is 0 Å². The van der Waals surface area contributed by atoms with Gasteiger partial charge in [0.25, 0.3) is 0 Å². The molecule has 90 valence electrons. The molecule has 0 aliphatic carbocycles. The van der Waals surface area contributed by atoms with Crippen LogP contribution in [0, 0.1) is 11.2 Å². The van der Waals surface area contributed by atoms with E-state index in [2.05, 4.69) is 0 Å². The lowest BCUT2D eigenvalue weighted by atomic mass is 9.91. The van der Waals surface area contributed by atoms with E-state index in [9.17, 15) is 9.18 Å². The van der Waals surface area contributed by atoms with Gasteiger partial charge in [0.15, 0.2) is 0 Å². The SMILES string of the molecule is CC1(C)C=C(C=O)c2cc(F)c(Cl)cc2OC1. The Morgan fingerprint density at radius 2 is 2.18 bits per heavy atom. The van der Waals surface area contributed by atoms with Crippen molar-refractivity contribution < 1.29 is 13.9 Å². The molecule has 1 aliphatic heterocycles. The van der Waals surface area contributed by atoms with E-state index in [4.69, 9.17) is 16.3 Å². The van der Waals surface area contributed by atoms with Crippen LogP contribution < -0.4 is 4.74 Å². The number of aldehydes is 1. The summed E-state index contributed by atoms with van der Waals surface area (Å²) in [5, 5.41) is -0.00583. The first kappa shape index (κ1) is 12.1. The fourth-order valence-electron chi connectivity index (χ4n) is 1.78. The lowest BCUT2D eigenvalue weighted by molar-refractivity contribution is -0.103. The van der Waals surface area contributed by atoms with E-state index in [-0.39, 0.29) is 10.4 Å². The van der Waals surface area contributed by atoms with Gasteiger partial charge in [-0.2, -0.15) is 0 Å². The quantitative estimate of drug-likeness (QED) is 0.717. The number of allylic oxidation sites excluding steroid dienone is 1. The first-order valence-corrected chi connectivity index (χ1v) is 5.61. The fraction of sp³-hybridized carbons (Fsp3) is 0.308. The van der Waals surface area contributed by atoms with E-state index in [0.29, 0.717) is 29.8 Å². The second kappa shape index (κ2) is 4.15. The van der Waals surface area contributed by atoms with Crippen molar-refractivity contribution in [2.75, 3.05) is 6.61 Å². The number of hydrogen-bond donors (Lipinski definition) is 0. The molecule has 0 radical (unpaired) electrons. The predicted molar refractivity (Wildman–Crippen MR) is 64.7 cm³/mol. The van der Waals surface area contributed by atoms with Gasteiger partial charge in [0.1, 0.15) is 17.9 Å². The van der Waals surface area contributed by atoms with E-state index in [1.54, 1.807) is 6.08 Å². The summed E-state index contributed by atoms with van der Waals surface area (Å²) >= 11 is 5.70. The molecule has 1 aromatic carbocycles. The molecule has 17 heavy (non-hydrogen) atoms. The van der Waals surface area contributed by atoms with Crippen molar-refractivity contribution in [3.63, 3.8) is 0 Å². The van der Waals surface area contributed by atoms with Gasteiger partial charge in [0, 0.05) is 22.6 Å². The number of hydrogen-bond acceptors (Lipinski definition) is 2. The van der Waals surface area contributed by atoms with E-state index in [0.717, 1.165) is 0 Å².